The quantitative estimate of drug-likeness (QED) is 0.312. The van der Waals surface area contributed by atoms with Crippen molar-refractivity contribution in [1.82, 2.24) is 0 Å². The zero-order valence-corrected chi connectivity index (χ0v) is 23.3. The summed E-state index contributed by atoms with van der Waals surface area (Å²) in [6.07, 6.45) is 6.23. The predicted molar refractivity (Wildman–Crippen MR) is 151 cm³/mol. The molecule has 0 saturated carbocycles. The molecule has 0 N–H and O–H groups in total. The Morgan fingerprint density at radius 3 is 1.03 bits per heavy atom. The molecule has 180 valence electrons. The van der Waals surface area contributed by atoms with E-state index in [4.69, 9.17) is 34.8 Å². The maximum atomic E-state index is 6.02. The van der Waals surface area contributed by atoms with Crippen LogP contribution in [0.5, 0.6) is 0 Å². The summed E-state index contributed by atoms with van der Waals surface area (Å²) in [7, 11) is 0. The minimum absolute atomic E-state index is 0.832. The number of rotatable bonds is 6. The molecule has 0 aliphatic heterocycles. The maximum absolute atomic E-state index is 6.02. The topological polar surface area (TPSA) is 0 Å². The predicted octanol–water partition coefficient (Wildman–Crippen LogP) is 10.4. The first-order valence-electron chi connectivity index (χ1n) is 12.1. The van der Waals surface area contributed by atoms with Crippen molar-refractivity contribution in [2.75, 3.05) is 0 Å². The Hall–Kier alpha value is -1.47. The normalized spacial score (nSPS) is 10.1. The molecular formula is C30H39Cl3. The van der Waals surface area contributed by atoms with Crippen LogP contribution in [0.2, 0.25) is 15.1 Å². The van der Waals surface area contributed by atoms with Crippen LogP contribution in [0.25, 0.3) is 0 Å². The van der Waals surface area contributed by atoms with Gasteiger partial charge in [-0.2, -0.15) is 0 Å². The first-order chi connectivity index (χ1) is 15.8. The summed E-state index contributed by atoms with van der Waals surface area (Å²) in [4.78, 5) is 0. The minimum Gasteiger partial charge on any atom is -0.0840 e. The SMILES string of the molecule is CCc1cc(Cl)c(CC)cc1Cl.CCc1ccc(CC)c(Cl)c1.CCc1ccc(CC)cc1. The molecule has 0 atom stereocenters. The number of hydrogen-bond donors (Lipinski definition) is 0. The average molecular weight is 506 g/mol. The van der Waals surface area contributed by atoms with Gasteiger partial charge in [-0.3, -0.25) is 0 Å². The Bertz CT molecular complexity index is 906. The molecule has 0 nitrogen and oxygen atoms in total. The van der Waals surface area contributed by atoms with Crippen LogP contribution >= 0.6 is 34.8 Å². The Kier molecular flexibility index (Phi) is 14.5. The highest BCUT2D eigenvalue weighted by Gasteiger charge is 2.04. The van der Waals surface area contributed by atoms with E-state index in [9.17, 15) is 0 Å². The van der Waals surface area contributed by atoms with Gasteiger partial charge >= 0.3 is 0 Å². The molecule has 0 radical (unpaired) electrons. The van der Waals surface area contributed by atoms with E-state index in [1.54, 1.807) is 0 Å². The highest BCUT2D eigenvalue weighted by atomic mass is 35.5. The van der Waals surface area contributed by atoms with E-state index in [1.165, 1.54) is 22.3 Å². The maximum Gasteiger partial charge on any atom is 0.0441 e. The van der Waals surface area contributed by atoms with Crippen molar-refractivity contribution < 1.29 is 0 Å². The smallest absolute Gasteiger partial charge is 0.0441 e. The summed E-state index contributed by atoms with van der Waals surface area (Å²) in [6, 6.07) is 19.1. The second-order valence-corrected chi connectivity index (χ2v) is 9.12. The summed E-state index contributed by atoms with van der Waals surface area (Å²) in [5.74, 6) is 0. The van der Waals surface area contributed by atoms with Gasteiger partial charge in [-0.25, -0.2) is 0 Å². The number of halogens is 3. The minimum atomic E-state index is 0.832. The monoisotopic (exact) mass is 504 g/mol. The molecule has 0 aliphatic carbocycles. The van der Waals surface area contributed by atoms with Gasteiger partial charge in [0, 0.05) is 15.1 Å². The van der Waals surface area contributed by atoms with Crippen molar-refractivity contribution in [1.29, 1.82) is 0 Å². The molecule has 0 spiro atoms. The van der Waals surface area contributed by atoms with E-state index in [1.807, 2.05) is 12.1 Å². The fourth-order valence-corrected chi connectivity index (χ4v) is 4.26. The van der Waals surface area contributed by atoms with Gasteiger partial charge in [-0.15, -0.1) is 0 Å². The fraction of sp³-hybridized carbons (Fsp3) is 0.400. The van der Waals surface area contributed by atoms with Gasteiger partial charge in [0.2, 0.25) is 0 Å². The Morgan fingerprint density at radius 1 is 0.394 bits per heavy atom. The largest absolute Gasteiger partial charge is 0.0840 e. The molecule has 0 heterocycles. The molecule has 3 rings (SSSR count). The molecule has 0 saturated heterocycles. The second-order valence-electron chi connectivity index (χ2n) is 7.90. The third-order valence-corrected chi connectivity index (χ3v) is 6.78. The van der Waals surface area contributed by atoms with E-state index in [0.717, 1.165) is 64.7 Å². The fourth-order valence-electron chi connectivity index (χ4n) is 3.28. The molecule has 0 fully saturated rings. The lowest BCUT2D eigenvalue weighted by Gasteiger charge is -2.05. The van der Waals surface area contributed by atoms with Gasteiger partial charge in [0.05, 0.1) is 0 Å². The van der Waals surface area contributed by atoms with E-state index in [-0.39, 0.29) is 0 Å². The van der Waals surface area contributed by atoms with E-state index < -0.39 is 0 Å². The molecule has 0 unspecified atom stereocenters. The molecule has 3 aromatic rings. The lowest BCUT2D eigenvalue weighted by molar-refractivity contribution is 1.10. The van der Waals surface area contributed by atoms with Crippen LogP contribution in [0.1, 0.15) is 74.9 Å². The average Bonchev–Trinajstić information content (AvgIpc) is 2.85. The van der Waals surface area contributed by atoms with Crippen LogP contribution in [0.4, 0.5) is 0 Å². The third-order valence-electron chi connectivity index (χ3n) is 5.72. The lowest BCUT2D eigenvalue weighted by atomic mass is 10.1. The third kappa shape index (κ3) is 10.1. The zero-order chi connectivity index (χ0) is 24.8. The summed E-state index contributed by atoms with van der Waals surface area (Å²) in [5.41, 5.74) is 7.66. The summed E-state index contributed by atoms with van der Waals surface area (Å²) < 4.78 is 0. The zero-order valence-electron chi connectivity index (χ0n) is 21.1. The summed E-state index contributed by atoms with van der Waals surface area (Å²) in [6.45, 7) is 12.8. The summed E-state index contributed by atoms with van der Waals surface area (Å²) in [5, 5.41) is 2.57. The standard InChI is InChI=1S/C10H12Cl2.C10H13Cl.C10H14/c1-3-7-5-10(12)8(4-2)6-9(7)11;1-3-8-5-6-9(4-2)10(11)7-8;1-3-9-5-7-10(4-2)8-6-9/h5-6H,3-4H2,1-2H3;5-7H,3-4H2,1-2H3;5-8H,3-4H2,1-2H3. The van der Waals surface area contributed by atoms with E-state index >= 15 is 0 Å². The van der Waals surface area contributed by atoms with E-state index in [2.05, 4.69) is 84.0 Å². The number of aryl methyl sites for hydroxylation is 6. The van der Waals surface area contributed by atoms with Crippen LogP contribution in [-0.2, 0) is 38.5 Å². The number of hydrogen-bond acceptors (Lipinski definition) is 0. The lowest BCUT2D eigenvalue weighted by Crippen LogP contribution is -1.88. The van der Waals surface area contributed by atoms with Gasteiger partial charge in [0.25, 0.3) is 0 Å². The van der Waals surface area contributed by atoms with Crippen LogP contribution in [-0.4, -0.2) is 0 Å². The first-order valence-corrected chi connectivity index (χ1v) is 13.3. The van der Waals surface area contributed by atoms with Crippen LogP contribution in [0.15, 0.2) is 54.6 Å². The van der Waals surface area contributed by atoms with Crippen molar-refractivity contribution in [3.8, 4) is 0 Å². The van der Waals surface area contributed by atoms with Crippen molar-refractivity contribution in [3.05, 3.63) is 103 Å². The van der Waals surface area contributed by atoms with Crippen molar-refractivity contribution >= 4 is 34.8 Å². The van der Waals surface area contributed by atoms with Gasteiger partial charge < -0.3 is 0 Å². The van der Waals surface area contributed by atoms with Crippen LogP contribution in [0.3, 0.4) is 0 Å². The molecule has 0 aliphatic rings. The van der Waals surface area contributed by atoms with E-state index in [0.29, 0.717) is 0 Å². The Labute approximate surface area is 217 Å². The Balaban J connectivity index is 0.000000249. The van der Waals surface area contributed by atoms with Crippen molar-refractivity contribution in [2.24, 2.45) is 0 Å². The Morgan fingerprint density at radius 2 is 0.727 bits per heavy atom. The highest BCUT2D eigenvalue weighted by Crippen LogP contribution is 2.25. The molecule has 0 bridgehead atoms. The van der Waals surface area contributed by atoms with Crippen LogP contribution in [0, 0.1) is 0 Å². The van der Waals surface area contributed by atoms with Gasteiger partial charge in [-0.05, 0) is 90.1 Å². The molecule has 33 heavy (non-hydrogen) atoms. The number of benzene rings is 3. The van der Waals surface area contributed by atoms with Crippen LogP contribution < -0.4 is 0 Å². The van der Waals surface area contributed by atoms with Gasteiger partial charge in [0.1, 0.15) is 0 Å². The van der Waals surface area contributed by atoms with Gasteiger partial charge in [0.15, 0.2) is 0 Å². The molecular weight excluding hydrogens is 467 g/mol. The van der Waals surface area contributed by atoms with Crippen molar-refractivity contribution in [2.45, 2.75) is 80.1 Å². The molecule has 3 heteroatoms. The summed E-state index contributed by atoms with van der Waals surface area (Å²) >= 11 is 18.1. The molecule has 0 amide bonds. The van der Waals surface area contributed by atoms with Crippen molar-refractivity contribution in [3.63, 3.8) is 0 Å². The molecule has 0 aromatic heterocycles. The second kappa shape index (κ2) is 16.2. The van der Waals surface area contributed by atoms with Gasteiger partial charge in [-0.1, -0.05) is 113 Å². The highest BCUT2D eigenvalue weighted by molar-refractivity contribution is 6.34. The molecule has 3 aromatic carbocycles. The first kappa shape index (κ1) is 29.6.